The fraction of sp³-hybridized carbons (Fsp3) is 0.697. The van der Waals surface area contributed by atoms with Crippen molar-refractivity contribution in [1.82, 2.24) is 5.32 Å². The van der Waals surface area contributed by atoms with Crippen molar-refractivity contribution in [2.75, 3.05) is 26.9 Å². The molecule has 0 aliphatic carbocycles. The third-order valence-corrected chi connectivity index (χ3v) is 13.4. The molecule has 0 radical (unpaired) electrons. The van der Waals surface area contributed by atoms with Gasteiger partial charge in [0.2, 0.25) is 20.4 Å². The molecule has 0 fully saturated rings. The number of nitrogens with one attached hydrogen (secondary N) is 1. The van der Waals surface area contributed by atoms with Crippen molar-refractivity contribution in [2.24, 2.45) is 17.8 Å². The number of hydrogen-bond acceptors (Lipinski definition) is 14. The van der Waals surface area contributed by atoms with E-state index in [4.69, 9.17) is 32.5 Å². The van der Waals surface area contributed by atoms with Gasteiger partial charge in [0.15, 0.2) is 0 Å². The summed E-state index contributed by atoms with van der Waals surface area (Å²) < 4.78 is 64.0. The van der Waals surface area contributed by atoms with E-state index >= 15 is 0 Å². The Morgan fingerprint density at radius 2 is 1.10 bits per heavy atom. The number of amides is 1. The van der Waals surface area contributed by atoms with Crippen molar-refractivity contribution in [1.29, 1.82) is 0 Å². The first-order valence-electron chi connectivity index (χ1n) is 17.2. The van der Waals surface area contributed by atoms with Gasteiger partial charge in [0, 0.05) is 13.0 Å². The molecule has 2 unspecified atom stereocenters. The zero-order valence-corrected chi connectivity index (χ0v) is 32.2. The van der Waals surface area contributed by atoms with Crippen LogP contribution in [0.1, 0.15) is 98.5 Å². The van der Waals surface area contributed by atoms with Gasteiger partial charge < -0.3 is 34.3 Å². The minimum absolute atomic E-state index is 0. The van der Waals surface area contributed by atoms with E-state index < -0.39 is 88.8 Å². The Labute approximate surface area is 328 Å². The van der Waals surface area contributed by atoms with Gasteiger partial charge in [-0.2, -0.15) is 0 Å². The van der Waals surface area contributed by atoms with Crippen LogP contribution >= 0.6 is 15.2 Å². The molecule has 294 valence electrons. The molecule has 1 aromatic rings. The van der Waals surface area contributed by atoms with E-state index in [0.29, 0.717) is 38.5 Å². The Morgan fingerprint density at radius 1 is 0.692 bits per heavy atom. The second kappa shape index (κ2) is 26.0. The van der Waals surface area contributed by atoms with E-state index in [1.54, 1.807) is 71.9 Å². The van der Waals surface area contributed by atoms with Crippen molar-refractivity contribution in [3.05, 3.63) is 35.9 Å². The monoisotopic (exact) mass is 791 g/mol. The van der Waals surface area contributed by atoms with Crippen LogP contribution in [-0.4, -0.2) is 95.6 Å². The number of carbonyl (C=O) groups excluding carboxylic acids is 4. The first kappa shape index (κ1) is 50.2. The van der Waals surface area contributed by atoms with E-state index in [0.717, 1.165) is 5.56 Å². The van der Waals surface area contributed by atoms with Crippen molar-refractivity contribution in [3.8, 4) is 0 Å². The molecular weight excluding hydrogens is 735 g/mol. The second-order valence-corrected chi connectivity index (χ2v) is 16.2. The predicted molar refractivity (Wildman–Crippen MR) is 192 cm³/mol. The van der Waals surface area contributed by atoms with Crippen molar-refractivity contribution in [3.63, 3.8) is 0 Å². The van der Waals surface area contributed by atoms with E-state index in [1.807, 2.05) is 0 Å². The van der Waals surface area contributed by atoms with Gasteiger partial charge in [0.25, 0.3) is 5.08 Å². The average Bonchev–Trinajstić information content (AvgIpc) is 3.11. The number of aliphatic hydroxyl groups is 1. The summed E-state index contributed by atoms with van der Waals surface area (Å²) in [7, 11) is -11.0. The van der Waals surface area contributed by atoms with E-state index in [1.165, 1.54) is 0 Å². The molecule has 1 rings (SSSR count). The molecule has 52 heavy (non-hydrogen) atoms. The molecular formula is C33H56NNaO15P2. The molecule has 2 atom stereocenters. The molecule has 3 N–H and O–H groups in total. The molecule has 0 bridgehead atoms. The van der Waals surface area contributed by atoms with Gasteiger partial charge in [-0.05, 0) is 50.5 Å². The van der Waals surface area contributed by atoms with Crippen molar-refractivity contribution >= 4 is 68.7 Å². The molecule has 16 nitrogen and oxygen atoms in total. The van der Waals surface area contributed by atoms with Gasteiger partial charge in [0.05, 0.1) is 17.8 Å². The van der Waals surface area contributed by atoms with Gasteiger partial charge in [0.1, 0.15) is 6.61 Å². The topological polar surface area (TPSA) is 220 Å². The first-order valence-corrected chi connectivity index (χ1v) is 20.3. The molecule has 0 saturated carbocycles. The summed E-state index contributed by atoms with van der Waals surface area (Å²) >= 11 is 0. The molecule has 0 saturated heterocycles. The molecule has 19 heteroatoms. The van der Waals surface area contributed by atoms with Crippen LogP contribution in [0.25, 0.3) is 0 Å². The number of hydrogen-bond donors (Lipinski definition) is 3. The van der Waals surface area contributed by atoms with Crippen LogP contribution in [0.2, 0.25) is 0 Å². The Balaban J connectivity index is 0.0000260. The van der Waals surface area contributed by atoms with Crippen LogP contribution in [-0.2, 0) is 62.6 Å². The van der Waals surface area contributed by atoms with Crippen LogP contribution in [0.5, 0.6) is 0 Å². The average molecular weight is 792 g/mol. The Morgan fingerprint density at radius 3 is 1.50 bits per heavy atom. The van der Waals surface area contributed by atoms with Gasteiger partial charge >= 0.3 is 68.7 Å². The van der Waals surface area contributed by atoms with E-state index in [9.17, 15) is 38.3 Å². The number of ether oxygens (including phenoxy) is 4. The third kappa shape index (κ3) is 15.9. The third-order valence-electron chi connectivity index (χ3n) is 8.30. The van der Waals surface area contributed by atoms with Crippen LogP contribution in [0.3, 0.4) is 0 Å². The second-order valence-electron chi connectivity index (χ2n) is 11.6. The molecule has 0 heterocycles. The molecule has 0 spiro atoms. The van der Waals surface area contributed by atoms with E-state index in [2.05, 4.69) is 5.32 Å². The summed E-state index contributed by atoms with van der Waals surface area (Å²) in [5.41, 5.74) is 0.718. The molecule has 1 aromatic carbocycles. The summed E-state index contributed by atoms with van der Waals surface area (Å²) in [5, 5.41) is 10.8. The van der Waals surface area contributed by atoms with Crippen molar-refractivity contribution in [2.45, 2.75) is 105 Å². The normalized spacial score (nSPS) is 13.8. The van der Waals surface area contributed by atoms with Gasteiger partial charge in [-0.1, -0.05) is 71.9 Å². The fourth-order valence-corrected chi connectivity index (χ4v) is 8.66. The zero-order valence-electron chi connectivity index (χ0n) is 30.4. The minimum atomic E-state index is -5.60. The number of rotatable bonds is 26. The summed E-state index contributed by atoms with van der Waals surface area (Å²) in [5.74, 6) is -3.82. The number of esters is 3. The summed E-state index contributed by atoms with van der Waals surface area (Å²) in [6, 6.07) is 8.82. The maximum atomic E-state index is 14.4. The van der Waals surface area contributed by atoms with Gasteiger partial charge in [-0.3, -0.25) is 37.1 Å². The molecule has 0 aliphatic heterocycles. The molecule has 0 aromatic heterocycles. The zero-order chi connectivity index (χ0) is 38.5. The molecule has 1 amide bonds. The van der Waals surface area contributed by atoms with Gasteiger partial charge in [-0.15, -0.1) is 0 Å². The fourth-order valence-electron chi connectivity index (χ4n) is 4.75. The quantitative estimate of drug-likeness (QED) is 0.0247. The van der Waals surface area contributed by atoms with Crippen LogP contribution in [0, 0.1) is 17.8 Å². The Hall–Kier alpha value is -1.84. The van der Waals surface area contributed by atoms with Crippen LogP contribution < -0.4 is 5.32 Å². The number of alkyl carbamates (subject to hydrolysis) is 1. The Bertz CT molecular complexity index is 1280. The molecule has 0 aliphatic rings. The summed E-state index contributed by atoms with van der Waals surface area (Å²) in [6.45, 7) is 6.85. The van der Waals surface area contributed by atoms with E-state index in [-0.39, 0.29) is 49.1 Å². The van der Waals surface area contributed by atoms with Crippen molar-refractivity contribution < 1.29 is 70.8 Å². The first-order chi connectivity index (χ1) is 24.2. The standard InChI is InChI=1S/C33H55NO15P2.Na.H/c1-7-26(8-2)29(35)44-22-47-50(40,41)33(39,19-16-20-34-32(38)43-21-25-17-14-13-15-18-25)51(42,48-23-45-30(36)27(9-3)10-4)49-24-46-31(37)28(11-5)12-6;;/h13-15,17-18,26-28,39H,7-12,16,19-24H2,1-6H3,(H,34,38)(H,40,41);;. The maximum absolute atomic E-state index is 14.4. The Kier molecular flexibility index (Phi) is 25.1. The SMILES string of the molecule is CCC(CC)C(=O)OCOP(=O)(O)C(O)(CCCNC(=O)OCc1ccccc1)P(=O)(OCOC(=O)C(CC)CC)OCOC(=O)C(CC)CC.[NaH]. The number of carbonyl (C=O) groups is 4. The summed E-state index contributed by atoms with van der Waals surface area (Å²) in [4.78, 5) is 60.8. The van der Waals surface area contributed by atoms with Crippen LogP contribution in [0.4, 0.5) is 4.79 Å². The van der Waals surface area contributed by atoms with Crippen LogP contribution in [0.15, 0.2) is 30.3 Å². The summed E-state index contributed by atoms with van der Waals surface area (Å²) in [6.07, 6.45) is 0.402. The predicted octanol–water partition coefficient (Wildman–Crippen LogP) is 5.93. The van der Waals surface area contributed by atoms with Gasteiger partial charge in [-0.25, -0.2) is 4.79 Å². The number of benzene rings is 1.